The van der Waals surface area contributed by atoms with Crippen molar-refractivity contribution >= 4 is 23.7 Å². The monoisotopic (exact) mass is 244 g/mol. The van der Waals surface area contributed by atoms with Crippen molar-refractivity contribution in [1.29, 1.82) is 0 Å². The highest BCUT2D eigenvalue weighted by Gasteiger charge is 2.13. The number of carbonyl (C=O) groups excluding carboxylic acids is 1. The van der Waals surface area contributed by atoms with Gasteiger partial charge in [0.15, 0.2) is 0 Å². The number of ether oxygens (including phenoxy) is 1. The number of carboxylic acids is 1. The molecule has 0 amide bonds. The molecule has 0 spiro atoms. The lowest BCUT2D eigenvalue weighted by Crippen LogP contribution is -2.07. The lowest BCUT2D eigenvalue weighted by molar-refractivity contribution is -0.139. The van der Waals surface area contributed by atoms with Crippen LogP contribution in [0.15, 0.2) is 16.7 Å². The molecule has 0 aliphatic heterocycles. The molecule has 0 fully saturated rings. The fraction of sp³-hybridized carbons (Fsp3) is 0.400. The average Bonchev–Trinajstić information content (AvgIpc) is 2.66. The summed E-state index contributed by atoms with van der Waals surface area (Å²) in [6.07, 6.45) is 1.32. The van der Waals surface area contributed by atoms with E-state index in [0.717, 1.165) is 0 Å². The highest BCUT2D eigenvalue weighted by atomic mass is 32.2. The van der Waals surface area contributed by atoms with E-state index < -0.39 is 5.97 Å². The standard InChI is InChI=1S/C10H12O5S/c1-2-14-9(11)6-16-5-8-7(10(12)13)3-4-15-8/h3-4H,2,5-6H2,1H3,(H,12,13). The van der Waals surface area contributed by atoms with E-state index in [0.29, 0.717) is 18.1 Å². The molecule has 0 aliphatic carbocycles. The van der Waals surface area contributed by atoms with E-state index in [1.165, 1.54) is 24.1 Å². The summed E-state index contributed by atoms with van der Waals surface area (Å²) in [5.41, 5.74) is 0.136. The molecule has 1 rings (SSSR count). The smallest absolute Gasteiger partial charge is 0.339 e. The van der Waals surface area contributed by atoms with Gasteiger partial charge in [0.1, 0.15) is 11.3 Å². The molecule has 0 saturated heterocycles. The van der Waals surface area contributed by atoms with E-state index in [9.17, 15) is 9.59 Å². The number of carboxylic acid groups (broad SMARTS) is 1. The summed E-state index contributed by atoms with van der Waals surface area (Å²) in [6, 6.07) is 1.39. The Balaban J connectivity index is 2.40. The summed E-state index contributed by atoms with van der Waals surface area (Å²) >= 11 is 1.26. The van der Waals surface area contributed by atoms with Crippen LogP contribution >= 0.6 is 11.8 Å². The lowest BCUT2D eigenvalue weighted by atomic mass is 10.3. The molecule has 0 saturated carbocycles. The first kappa shape index (κ1) is 12.6. The van der Waals surface area contributed by atoms with Crippen LogP contribution in [0.25, 0.3) is 0 Å². The third-order valence-electron chi connectivity index (χ3n) is 1.73. The first-order chi connectivity index (χ1) is 7.65. The van der Waals surface area contributed by atoms with Crippen LogP contribution in [0.4, 0.5) is 0 Å². The quantitative estimate of drug-likeness (QED) is 0.768. The van der Waals surface area contributed by atoms with Crippen LogP contribution in [-0.4, -0.2) is 29.4 Å². The Morgan fingerprint density at radius 3 is 2.94 bits per heavy atom. The summed E-state index contributed by atoms with van der Waals surface area (Å²) < 4.78 is 9.75. The molecule has 16 heavy (non-hydrogen) atoms. The van der Waals surface area contributed by atoms with Gasteiger partial charge in [-0.1, -0.05) is 0 Å². The van der Waals surface area contributed by atoms with Gasteiger partial charge >= 0.3 is 11.9 Å². The fourth-order valence-electron chi connectivity index (χ4n) is 1.07. The van der Waals surface area contributed by atoms with Crippen LogP contribution in [0, 0.1) is 0 Å². The number of hydrogen-bond donors (Lipinski definition) is 1. The largest absolute Gasteiger partial charge is 0.478 e. The van der Waals surface area contributed by atoms with Gasteiger partial charge in [-0.05, 0) is 13.0 Å². The van der Waals surface area contributed by atoms with E-state index in [1.54, 1.807) is 6.92 Å². The van der Waals surface area contributed by atoms with E-state index in [2.05, 4.69) is 0 Å². The van der Waals surface area contributed by atoms with E-state index in [4.69, 9.17) is 14.3 Å². The second kappa shape index (κ2) is 6.22. The summed E-state index contributed by atoms with van der Waals surface area (Å²) in [6.45, 7) is 2.08. The van der Waals surface area contributed by atoms with Crippen molar-refractivity contribution in [2.24, 2.45) is 0 Å². The predicted octanol–water partition coefficient (Wildman–Crippen LogP) is 1.77. The summed E-state index contributed by atoms with van der Waals surface area (Å²) in [7, 11) is 0. The second-order valence-corrected chi connectivity index (χ2v) is 3.85. The first-order valence-electron chi connectivity index (χ1n) is 4.68. The first-order valence-corrected chi connectivity index (χ1v) is 5.83. The van der Waals surface area contributed by atoms with Crippen LogP contribution in [0.1, 0.15) is 23.0 Å². The van der Waals surface area contributed by atoms with Gasteiger partial charge < -0.3 is 14.3 Å². The second-order valence-electron chi connectivity index (χ2n) is 2.86. The Kier molecular flexibility index (Phi) is 4.91. The molecule has 88 valence electrons. The van der Waals surface area contributed by atoms with Crippen molar-refractivity contribution in [3.05, 3.63) is 23.7 Å². The summed E-state index contributed by atoms with van der Waals surface area (Å²) in [5.74, 6) is -0.445. The van der Waals surface area contributed by atoms with Crippen LogP contribution in [0.5, 0.6) is 0 Å². The zero-order valence-electron chi connectivity index (χ0n) is 8.76. The third kappa shape index (κ3) is 3.62. The normalized spacial score (nSPS) is 10.1. The highest BCUT2D eigenvalue weighted by Crippen LogP contribution is 2.17. The van der Waals surface area contributed by atoms with Crippen LogP contribution < -0.4 is 0 Å². The Bertz CT molecular complexity index is 371. The molecule has 1 N–H and O–H groups in total. The SMILES string of the molecule is CCOC(=O)CSCc1occc1C(=O)O. The summed E-state index contributed by atoms with van der Waals surface area (Å²) in [5, 5.41) is 8.79. The molecule has 0 aromatic carbocycles. The van der Waals surface area contributed by atoms with Crippen molar-refractivity contribution in [2.75, 3.05) is 12.4 Å². The number of thioether (sulfide) groups is 1. The molecule has 5 nitrogen and oxygen atoms in total. The minimum absolute atomic E-state index is 0.136. The Labute approximate surface area is 96.8 Å². The number of esters is 1. The predicted molar refractivity (Wildman–Crippen MR) is 58.5 cm³/mol. The number of aromatic carboxylic acids is 1. The van der Waals surface area contributed by atoms with Gasteiger partial charge in [0.05, 0.1) is 24.4 Å². The maximum atomic E-state index is 11.0. The van der Waals surface area contributed by atoms with E-state index in [1.807, 2.05) is 0 Å². The van der Waals surface area contributed by atoms with E-state index in [-0.39, 0.29) is 17.3 Å². The molecule has 6 heteroatoms. The maximum Gasteiger partial charge on any atom is 0.339 e. The molecule has 0 atom stereocenters. The van der Waals surface area contributed by atoms with Crippen molar-refractivity contribution in [3.63, 3.8) is 0 Å². The minimum Gasteiger partial charge on any atom is -0.478 e. The fourth-order valence-corrected chi connectivity index (χ4v) is 1.83. The van der Waals surface area contributed by atoms with E-state index >= 15 is 0 Å². The number of carbonyl (C=O) groups is 2. The topological polar surface area (TPSA) is 76.7 Å². The van der Waals surface area contributed by atoms with Gasteiger partial charge in [-0.15, -0.1) is 11.8 Å². The van der Waals surface area contributed by atoms with Crippen LogP contribution in [0.2, 0.25) is 0 Å². The molecular formula is C10H12O5S. The Morgan fingerprint density at radius 2 is 2.31 bits per heavy atom. The van der Waals surface area contributed by atoms with Crippen molar-refractivity contribution < 1.29 is 23.8 Å². The van der Waals surface area contributed by atoms with Crippen molar-refractivity contribution in [2.45, 2.75) is 12.7 Å². The zero-order chi connectivity index (χ0) is 12.0. The summed E-state index contributed by atoms with van der Waals surface area (Å²) in [4.78, 5) is 21.7. The average molecular weight is 244 g/mol. The molecular weight excluding hydrogens is 232 g/mol. The molecule has 1 heterocycles. The number of furan rings is 1. The highest BCUT2D eigenvalue weighted by molar-refractivity contribution is 7.99. The molecule has 1 aromatic heterocycles. The molecule has 0 aliphatic rings. The number of rotatable bonds is 6. The van der Waals surface area contributed by atoms with Crippen LogP contribution in [-0.2, 0) is 15.3 Å². The number of hydrogen-bond acceptors (Lipinski definition) is 5. The van der Waals surface area contributed by atoms with Crippen molar-refractivity contribution in [1.82, 2.24) is 0 Å². The molecule has 0 bridgehead atoms. The Hall–Kier alpha value is -1.43. The van der Waals surface area contributed by atoms with Gasteiger partial charge in [0, 0.05) is 0 Å². The maximum absolute atomic E-state index is 11.0. The third-order valence-corrected chi connectivity index (χ3v) is 2.64. The molecule has 0 unspecified atom stereocenters. The van der Waals surface area contributed by atoms with Gasteiger partial charge in [-0.3, -0.25) is 4.79 Å². The molecule has 1 aromatic rings. The Morgan fingerprint density at radius 1 is 1.56 bits per heavy atom. The van der Waals surface area contributed by atoms with Crippen molar-refractivity contribution in [3.8, 4) is 0 Å². The van der Waals surface area contributed by atoms with Gasteiger partial charge in [-0.2, -0.15) is 0 Å². The lowest BCUT2D eigenvalue weighted by Gasteiger charge is -2.01. The van der Waals surface area contributed by atoms with Gasteiger partial charge in [0.25, 0.3) is 0 Å². The zero-order valence-corrected chi connectivity index (χ0v) is 9.58. The minimum atomic E-state index is -1.03. The molecule has 0 radical (unpaired) electrons. The van der Waals surface area contributed by atoms with Gasteiger partial charge in [0.2, 0.25) is 0 Å². The van der Waals surface area contributed by atoms with Gasteiger partial charge in [-0.25, -0.2) is 4.79 Å². The van der Waals surface area contributed by atoms with Crippen LogP contribution in [0.3, 0.4) is 0 Å².